The van der Waals surface area contributed by atoms with Crippen molar-refractivity contribution >= 4 is 22.8 Å². The van der Waals surface area contributed by atoms with Gasteiger partial charge in [-0.25, -0.2) is 9.97 Å². The zero-order valence-electron chi connectivity index (χ0n) is 18.9. The molecule has 1 aliphatic rings. The highest BCUT2D eigenvalue weighted by Crippen LogP contribution is 2.38. The van der Waals surface area contributed by atoms with Gasteiger partial charge in [0, 0.05) is 18.3 Å². The van der Waals surface area contributed by atoms with Gasteiger partial charge in [-0.3, -0.25) is 9.69 Å². The molecule has 6 nitrogen and oxygen atoms in total. The second kappa shape index (κ2) is 9.50. The summed E-state index contributed by atoms with van der Waals surface area (Å²) in [5.41, 5.74) is 1.54. The number of amides is 1. The van der Waals surface area contributed by atoms with Gasteiger partial charge in [0.1, 0.15) is 11.6 Å². The summed E-state index contributed by atoms with van der Waals surface area (Å²) in [6.45, 7) is 2.31. The van der Waals surface area contributed by atoms with Crippen LogP contribution in [0.3, 0.4) is 0 Å². The van der Waals surface area contributed by atoms with Crippen LogP contribution in [0.25, 0.3) is 22.4 Å². The molecule has 1 amide bonds. The third-order valence-electron chi connectivity index (χ3n) is 6.13. The molecule has 1 aliphatic heterocycles. The molecular formula is C26H24F3N5O. The van der Waals surface area contributed by atoms with Crippen molar-refractivity contribution in [1.82, 2.24) is 19.9 Å². The van der Waals surface area contributed by atoms with E-state index in [0.29, 0.717) is 34.5 Å². The van der Waals surface area contributed by atoms with Crippen molar-refractivity contribution < 1.29 is 18.0 Å². The predicted molar refractivity (Wildman–Crippen MR) is 128 cm³/mol. The molecule has 180 valence electrons. The maximum absolute atomic E-state index is 14.0. The lowest BCUT2D eigenvalue weighted by Gasteiger charge is -2.17. The Balaban J connectivity index is 1.45. The number of carbonyl (C=O) groups is 1. The smallest absolute Gasteiger partial charge is 0.338 e. The maximum atomic E-state index is 14.0. The Hall–Kier alpha value is -3.72. The summed E-state index contributed by atoms with van der Waals surface area (Å²) in [5.74, 6) is 0.261. The normalized spacial score (nSPS) is 14.5. The molecule has 1 fully saturated rings. The zero-order chi connectivity index (χ0) is 24.4. The summed E-state index contributed by atoms with van der Waals surface area (Å²) in [6.07, 6.45) is -0.790. The Morgan fingerprint density at radius 2 is 1.89 bits per heavy atom. The van der Waals surface area contributed by atoms with Gasteiger partial charge in [-0.1, -0.05) is 30.3 Å². The van der Waals surface area contributed by atoms with E-state index in [1.54, 1.807) is 48.7 Å². The number of alkyl halides is 3. The van der Waals surface area contributed by atoms with E-state index in [1.165, 1.54) is 12.1 Å². The monoisotopic (exact) mass is 479 g/mol. The van der Waals surface area contributed by atoms with Crippen molar-refractivity contribution in [2.75, 3.05) is 18.4 Å². The molecule has 0 saturated carbocycles. The largest absolute Gasteiger partial charge is 0.417 e. The number of aromatic nitrogens is 3. The van der Waals surface area contributed by atoms with Crippen molar-refractivity contribution in [3.8, 4) is 11.4 Å². The van der Waals surface area contributed by atoms with Gasteiger partial charge in [0.2, 0.25) is 5.91 Å². The minimum atomic E-state index is -4.53. The number of pyridine rings is 1. The summed E-state index contributed by atoms with van der Waals surface area (Å²) in [7, 11) is 0. The number of aromatic amines is 1. The van der Waals surface area contributed by atoms with Crippen molar-refractivity contribution in [1.29, 1.82) is 0 Å². The lowest BCUT2D eigenvalue weighted by atomic mass is 10.0. The molecule has 9 heteroatoms. The second-order valence-electron chi connectivity index (χ2n) is 8.70. The summed E-state index contributed by atoms with van der Waals surface area (Å²) >= 11 is 0. The van der Waals surface area contributed by atoms with Gasteiger partial charge >= 0.3 is 6.18 Å². The van der Waals surface area contributed by atoms with Crippen LogP contribution in [-0.2, 0) is 23.9 Å². The molecule has 2 aromatic carbocycles. The molecule has 35 heavy (non-hydrogen) atoms. The summed E-state index contributed by atoms with van der Waals surface area (Å²) in [5, 5.41) is 2.72. The van der Waals surface area contributed by atoms with E-state index in [1.807, 2.05) is 0 Å². The number of nitrogens with one attached hydrogen (secondary N) is 2. The van der Waals surface area contributed by atoms with Crippen molar-refractivity contribution in [2.24, 2.45) is 0 Å². The van der Waals surface area contributed by atoms with Crippen molar-refractivity contribution in [3.05, 3.63) is 77.5 Å². The number of H-pyrrole nitrogens is 1. The minimum absolute atomic E-state index is 0.0113. The van der Waals surface area contributed by atoms with Gasteiger partial charge in [0.15, 0.2) is 0 Å². The van der Waals surface area contributed by atoms with E-state index < -0.39 is 11.7 Å². The molecule has 0 bridgehead atoms. The number of para-hydroxylation sites is 1. The highest BCUT2D eigenvalue weighted by molar-refractivity contribution is 5.94. The lowest BCUT2D eigenvalue weighted by Crippen LogP contribution is -2.19. The van der Waals surface area contributed by atoms with E-state index in [4.69, 9.17) is 0 Å². The van der Waals surface area contributed by atoms with Crippen LogP contribution in [0.4, 0.5) is 19.0 Å². The molecule has 0 aliphatic carbocycles. The summed E-state index contributed by atoms with van der Waals surface area (Å²) < 4.78 is 42.1. The van der Waals surface area contributed by atoms with Gasteiger partial charge in [-0.15, -0.1) is 0 Å². The summed E-state index contributed by atoms with van der Waals surface area (Å²) in [6, 6.07) is 14.9. The maximum Gasteiger partial charge on any atom is 0.417 e. The molecule has 0 radical (unpaired) electrons. The standard InChI is InChI=1S/C26H24F3N5O/c27-26(28,29)20-14-17(16-34-12-3-4-13-34)9-10-19(20)25-31-21-7-5-6-18(24(21)33-25)15-23(35)32-22-8-1-2-11-30-22/h1-2,5-11,14H,3-4,12-13,15-16H2,(H,31,33)(H,30,32,35). The van der Waals surface area contributed by atoms with E-state index in [0.717, 1.165) is 25.9 Å². The van der Waals surface area contributed by atoms with Crippen LogP contribution in [0.5, 0.6) is 0 Å². The fourth-order valence-electron chi connectivity index (χ4n) is 4.49. The second-order valence-corrected chi connectivity index (χ2v) is 8.70. The molecule has 1 saturated heterocycles. The SMILES string of the molecule is O=C(Cc1cccc2[nH]c(-c3ccc(CN4CCCC4)cc3C(F)(F)F)nc12)Nc1ccccn1. The van der Waals surface area contributed by atoms with E-state index >= 15 is 0 Å². The van der Waals surface area contributed by atoms with Crippen LogP contribution in [-0.4, -0.2) is 38.8 Å². The average molecular weight is 480 g/mol. The fraction of sp³-hybridized carbons (Fsp3) is 0.269. The number of imidazole rings is 1. The zero-order valence-corrected chi connectivity index (χ0v) is 18.9. The van der Waals surface area contributed by atoms with Gasteiger partial charge < -0.3 is 10.3 Å². The number of benzene rings is 2. The van der Waals surface area contributed by atoms with Crippen LogP contribution in [0.15, 0.2) is 60.8 Å². The molecular weight excluding hydrogens is 455 g/mol. The number of rotatable bonds is 6. The number of nitrogens with zero attached hydrogens (tertiary/aromatic N) is 3. The molecule has 0 unspecified atom stereocenters. The Morgan fingerprint density at radius 3 is 2.63 bits per heavy atom. The van der Waals surface area contributed by atoms with Crippen LogP contribution in [0.1, 0.15) is 29.5 Å². The minimum Gasteiger partial charge on any atom is -0.338 e. The molecule has 2 aromatic heterocycles. The average Bonchev–Trinajstić information content (AvgIpc) is 3.49. The van der Waals surface area contributed by atoms with Crippen LogP contribution in [0.2, 0.25) is 0 Å². The number of anilines is 1. The van der Waals surface area contributed by atoms with Crippen LogP contribution < -0.4 is 5.32 Å². The number of halogens is 3. The highest BCUT2D eigenvalue weighted by atomic mass is 19.4. The van der Waals surface area contributed by atoms with Gasteiger partial charge in [-0.2, -0.15) is 13.2 Å². The van der Waals surface area contributed by atoms with Gasteiger partial charge in [0.25, 0.3) is 0 Å². The number of fused-ring (bicyclic) bond motifs is 1. The number of hydrogen-bond donors (Lipinski definition) is 2. The van der Waals surface area contributed by atoms with Crippen LogP contribution >= 0.6 is 0 Å². The Bertz CT molecular complexity index is 1340. The van der Waals surface area contributed by atoms with Gasteiger partial charge in [0.05, 0.1) is 23.0 Å². The van der Waals surface area contributed by atoms with E-state index in [9.17, 15) is 18.0 Å². The highest BCUT2D eigenvalue weighted by Gasteiger charge is 2.35. The van der Waals surface area contributed by atoms with Crippen molar-refractivity contribution in [2.45, 2.75) is 32.0 Å². The number of hydrogen-bond acceptors (Lipinski definition) is 4. The molecule has 3 heterocycles. The first-order valence-corrected chi connectivity index (χ1v) is 11.5. The molecule has 4 aromatic rings. The van der Waals surface area contributed by atoms with Gasteiger partial charge in [-0.05, 0) is 61.3 Å². The fourth-order valence-corrected chi connectivity index (χ4v) is 4.49. The molecule has 2 N–H and O–H groups in total. The first-order valence-electron chi connectivity index (χ1n) is 11.5. The predicted octanol–water partition coefficient (Wildman–Crippen LogP) is 5.42. The Kier molecular flexibility index (Phi) is 6.25. The quantitative estimate of drug-likeness (QED) is 0.387. The summed E-state index contributed by atoms with van der Waals surface area (Å²) in [4.78, 5) is 26.3. The molecule has 0 spiro atoms. The van der Waals surface area contributed by atoms with E-state index in [-0.39, 0.29) is 23.7 Å². The molecule has 5 rings (SSSR count). The van der Waals surface area contributed by atoms with Crippen molar-refractivity contribution in [3.63, 3.8) is 0 Å². The number of carbonyl (C=O) groups excluding carboxylic acids is 1. The Morgan fingerprint density at radius 1 is 1.06 bits per heavy atom. The third kappa shape index (κ3) is 5.19. The lowest BCUT2D eigenvalue weighted by molar-refractivity contribution is -0.137. The Labute approximate surface area is 200 Å². The molecule has 0 atom stereocenters. The topological polar surface area (TPSA) is 73.9 Å². The third-order valence-corrected chi connectivity index (χ3v) is 6.13. The number of likely N-dealkylation sites (tertiary alicyclic amines) is 1. The first kappa shape index (κ1) is 23.0. The van der Waals surface area contributed by atoms with E-state index in [2.05, 4.69) is 25.2 Å². The van der Waals surface area contributed by atoms with Crippen LogP contribution in [0, 0.1) is 0 Å². The first-order chi connectivity index (χ1) is 16.9.